The number of hydrogen-bond acceptors (Lipinski definition) is 7. The highest BCUT2D eigenvalue weighted by molar-refractivity contribution is 7.80. The molecule has 3 aliphatic rings. The first-order valence-corrected chi connectivity index (χ1v) is 14.6. The van der Waals surface area contributed by atoms with Crippen molar-refractivity contribution in [2.24, 2.45) is 0 Å². The Kier molecular flexibility index (Phi) is 8.38. The van der Waals surface area contributed by atoms with E-state index in [0.717, 1.165) is 50.9 Å². The topological polar surface area (TPSA) is 97.2 Å². The molecule has 0 aliphatic carbocycles. The van der Waals surface area contributed by atoms with E-state index in [9.17, 15) is 14.4 Å². The van der Waals surface area contributed by atoms with Crippen molar-refractivity contribution in [2.75, 3.05) is 44.2 Å². The lowest BCUT2D eigenvalue weighted by Gasteiger charge is -2.34. The van der Waals surface area contributed by atoms with Crippen LogP contribution in [0.3, 0.4) is 0 Å². The SMILES string of the molecule is CC1(C)C(=O)N(c2ccc3c(c2)COC3=O)C(=S)N1CCCCCCN1CCN(C(=O)c2cccc(C#N)c2)CC1. The van der Waals surface area contributed by atoms with Crippen LogP contribution in [0.15, 0.2) is 42.5 Å². The number of unbranched alkanes of at least 4 members (excludes halogenated alkanes) is 3. The minimum atomic E-state index is -0.741. The van der Waals surface area contributed by atoms with Gasteiger partial charge in [0.2, 0.25) is 0 Å². The van der Waals surface area contributed by atoms with Gasteiger partial charge in [-0.2, -0.15) is 5.26 Å². The lowest BCUT2D eigenvalue weighted by atomic mass is 10.0. The molecule has 9 nitrogen and oxygen atoms in total. The van der Waals surface area contributed by atoms with Gasteiger partial charge in [-0.05, 0) is 81.8 Å². The number of benzene rings is 2. The van der Waals surface area contributed by atoms with E-state index in [-0.39, 0.29) is 24.4 Å². The fourth-order valence-electron chi connectivity index (χ4n) is 5.74. The molecule has 41 heavy (non-hydrogen) atoms. The highest BCUT2D eigenvalue weighted by Gasteiger charge is 2.49. The monoisotopic (exact) mass is 573 g/mol. The molecule has 0 spiro atoms. The summed E-state index contributed by atoms with van der Waals surface area (Å²) in [6.45, 7) is 8.81. The number of amides is 2. The molecule has 0 aromatic heterocycles. The van der Waals surface area contributed by atoms with Crippen LogP contribution >= 0.6 is 12.2 Å². The van der Waals surface area contributed by atoms with Crippen LogP contribution in [0.2, 0.25) is 0 Å². The standard InChI is InChI=1S/C31H35N5O4S/c1-31(2)29(39)36(25-10-11-26-24(19-25)21-40-28(26)38)30(41)35(31)13-6-4-3-5-12-33-14-16-34(17-15-33)27(37)23-9-7-8-22(18-23)20-32/h7-11,18-19H,3-6,12-17,21H2,1-2H3. The molecule has 3 heterocycles. The van der Waals surface area contributed by atoms with Gasteiger partial charge in [-0.25, -0.2) is 4.79 Å². The summed E-state index contributed by atoms with van der Waals surface area (Å²) in [5.41, 5.74) is 2.32. The first kappa shape index (κ1) is 28.7. The molecular weight excluding hydrogens is 538 g/mol. The van der Waals surface area contributed by atoms with Crippen molar-refractivity contribution in [2.45, 2.75) is 51.7 Å². The number of hydrogen-bond donors (Lipinski definition) is 0. The Hall–Kier alpha value is -3.81. The third kappa shape index (κ3) is 5.83. The average molecular weight is 574 g/mol. The Labute approximate surface area is 246 Å². The summed E-state index contributed by atoms with van der Waals surface area (Å²) in [7, 11) is 0. The molecule has 5 rings (SSSR count). The molecule has 2 fully saturated rings. The number of cyclic esters (lactones) is 1. The molecule has 2 saturated heterocycles. The maximum atomic E-state index is 13.4. The lowest BCUT2D eigenvalue weighted by molar-refractivity contribution is -0.123. The molecule has 0 bridgehead atoms. The van der Waals surface area contributed by atoms with Gasteiger partial charge in [0, 0.05) is 43.9 Å². The third-order valence-electron chi connectivity index (χ3n) is 8.25. The van der Waals surface area contributed by atoms with Crippen LogP contribution in [0.25, 0.3) is 0 Å². The Balaban J connectivity index is 1.04. The fraction of sp³-hybridized carbons (Fsp3) is 0.452. The summed E-state index contributed by atoms with van der Waals surface area (Å²) in [5, 5.41) is 9.59. The van der Waals surface area contributed by atoms with Gasteiger partial charge in [-0.15, -0.1) is 0 Å². The van der Waals surface area contributed by atoms with E-state index in [0.29, 0.717) is 47.1 Å². The molecule has 2 aromatic carbocycles. The van der Waals surface area contributed by atoms with E-state index in [1.54, 1.807) is 41.3 Å². The number of carbonyl (C=O) groups is 3. The average Bonchev–Trinajstić information content (AvgIpc) is 3.43. The predicted molar refractivity (Wildman–Crippen MR) is 158 cm³/mol. The lowest BCUT2D eigenvalue weighted by Crippen LogP contribution is -2.48. The van der Waals surface area contributed by atoms with Crippen LogP contribution < -0.4 is 4.90 Å². The van der Waals surface area contributed by atoms with Crippen molar-refractivity contribution in [3.63, 3.8) is 0 Å². The van der Waals surface area contributed by atoms with Gasteiger partial charge in [0.05, 0.1) is 22.9 Å². The summed E-state index contributed by atoms with van der Waals surface area (Å²) in [6, 6.07) is 14.3. The molecule has 0 radical (unpaired) electrons. The van der Waals surface area contributed by atoms with E-state index in [1.807, 2.05) is 29.7 Å². The maximum absolute atomic E-state index is 13.4. The van der Waals surface area contributed by atoms with E-state index in [2.05, 4.69) is 11.0 Å². The van der Waals surface area contributed by atoms with E-state index in [1.165, 1.54) is 0 Å². The van der Waals surface area contributed by atoms with Crippen molar-refractivity contribution < 1.29 is 19.1 Å². The fourth-order valence-corrected chi connectivity index (χ4v) is 6.24. The van der Waals surface area contributed by atoms with Gasteiger partial charge in [0.1, 0.15) is 12.1 Å². The third-order valence-corrected chi connectivity index (χ3v) is 8.66. The first-order valence-electron chi connectivity index (χ1n) is 14.2. The highest BCUT2D eigenvalue weighted by Crippen LogP contribution is 2.34. The maximum Gasteiger partial charge on any atom is 0.338 e. The number of ether oxygens (including phenoxy) is 1. The van der Waals surface area contributed by atoms with Gasteiger partial charge >= 0.3 is 5.97 Å². The minimum Gasteiger partial charge on any atom is -0.457 e. The molecule has 214 valence electrons. The number of anilines is 1. The summed E-state index contributed by atoms with van der Waals surface area (Å²) in [6.07, 6.45) is 4.13. The number of fused-ring (bicyclic) bond motifs is 1. The first-order chi connectivity index (χ1) is 19.7. The number of piperazine rings is 1. The molecule has 2 amide bonds. The number of nitriles is 1. The van der Waals surface area contributed by atoms with E-state index >= 15 is 0 Å². The van der Waals surface area contributed by atoms with Crippen LogP contribution in [0.4, 0.5) is 5.69 Å². The smallest absolute Gasteiger partial charge is 0.338 e. The van der Waals surface area contributed by atoms with Crippen LogP contribution in [0, 0.1) is 11.3 Å². The zero-order chi connectivity index (χ0) is 29.1. The summed E-state index contributed by atoms with van der Waals surface area (Å²) < 4.78 is 5.11. The van der Waals surface area contributed by atoms with E-state index < -0.39 is 5.54 Å². The summed E-state index contributed by atoms with van der Waals surface area (Å²) in [5.74, 6) is -0.412. The summed E-state index contributed by atoms with van der Waals surface area (Å²) in [4.78, 5) is 45.8. The van der Waals surface area contributed by atoms with Crippen molar-refractivity contribution in [3.8, 4) is 6.07 Å². The van der Waals surface area contributed by atoms with Crippen LogP contribution in [0.5, 0.6) is 0 Å². The number of rotatable bonds is 9. The second-order valence-corrected chi connectivity index (χ2v) is 11.7. The molecule has 2 aromatic rings. The Morgan fingerprint density at radius 1 is 1.00 bits per heavy atom. The summed E-state index contributed by atoms with van der Waals surface area (Å²) >= 11 is 5.76. The predicted octanol–water partition coefficient (Wildman–Crippen LogP) is 3.96. The van der Waals surface area contributed by atoms with Crippen molar-refractivity contribution in [1.29, 1.82) is 5.26 Å². The molecule has 3 aliphatic heterocycles. The van der Waals surface area contributed by atoms with E-state index in [4.69, 9.17) is 22.2 Å². The largest absolute Gasteiger partial charge is 0.457 e. The molecule has 0 saturated carbocycles. The zero-order valence-corrected chi connectivity index (χ0v) is 24.4. The number of thiocarbonyl (C=S) groups is 1. The normalized spacial score (nSPS) is 18.5. The van der Waals surface area contributed by atoms with Crippen LogP contribution in [-0.2, 0) is 16.1 Å². The molecule has 0 N–H and O–H groups in total. The van der Waals surface area contributed by atoms with Crippen LogP contribution in [0.1, 0.15) is 71.4 Å². The zero-order valence-electron chi connectivity index (χ0n) is 23.6. The molecule has 0 unspecified atom stereocenters. The van der Waals surface area contributed by atoms with Gasteiger partial charge in [-0.3, -0.25) is 19.4 Å². The van der Waals surface area contributed by atoms with Gasteiger partial charge in [0.15, 0.2) is 5.11 Å². The Morgan fingerprint density at radius 3 is 2.46 bits per heavy atom. The highest BCUT2D eigenvalue weighted by atomic mass is 32.1. The number of nitrogens with zero attached hydrogens (tertiary/aromatic N) is 5. The van der Waals surface area contributed by atoms with Gasteiger partial charge in [0.25, 0.3) is 11.8 Å². The van der Waals surface area contributed by atoms with Crippen molar-refractivity contribution in [3.05, 3.63) is 64.7 Å². The van der Waals surface area contributed by atoms with Gasteiger partial charge < -0.3 is 14.5 Å². The molecular formula is C31H35N5O4S. The van der Waals surface area contributed by atoms with Gasteiger partial charge in [-0.1, -0.05) is 18.9 Å². The quantitative estimate of drug-likeness (QED) is 0.253. The second-order valence-electron chi connectivity index (χ2n) is 11.3. The number of carbonyl (C=O) groups excluding carboxylic acids is 3. The van der Waals surface area contributed by atoms with Crippen molar-refractivity contribution >= 4 is 40.8 Å². The minimum absolute atomic E-state index is 0.0122. The Bertz CT molecular complexity index is 1410. The Morgan fingerprint density at radius 2 is 1.73 bits per heavy atom. The molecule has 10 heteroatoms. The second kappa shape index (κ2) is 12.0. The van der Waals surface area contributed by atoms with Crippen molar-refractivity contribution in [1.82, 2.24) is 14.7 Å². The van der Waals surface area contributed by atoms with Crippen LogP contribution in [-0.4, -0.2) is 82.4 Å². The number of esters is 1. The molecule has 0 atom stereocenters.